The lowest BCUT2D eigenvalue weighted by Gasteiger charge is -2.39. The van der Waals surface area contributed by atoms with Crippen LogP contribution in [0.3, 0.4) is 0 Å². The highest BCUT2D eigenvalue weighted by molar-refractivity contribution is 8.00. The number of hydrogen-bond acceptors (Lipinski definition) is 4. The van der Waals surface area contributed by atoms with Crippen molar-refractivity contribution in [3.05, 3.63) is 39.9 Å². The van der Waals surface area contributed by atoms with Crippen LogP contribution in [0.1, 0.15) is 23.2 Å². The van der Waals surface area contributed by atoms with Gasteiger partial charge in [0, 0.05) is 42.8 Å². The lowest BCUT2D eigenvalue weighted by atomic mass is 10.0. The molecule has 7 heteroatoms. The predicted octanol–water partition coefficient (Wildman–Crippen LogP) is 0.837. The molecule has 1 amide bonds. The molecule has 2 heterocycles. The fourth-order valence-corrected chi connectivity index (χ4v) is 4.65. The highest BCUT2D eigenvalue weighted by Crippen LogP contribution is 2.42. The number of carbonyl (C=O) groups excluding carboxylic acids is 1. The van der Waals surface area contributed by atoms with Crippen molar-refractivity contribution in [1.82, 2.24) is 4.90 Å². The van der Waals surface area contributed by atoms with E-state index in [1.807, 2.05) is 16.7 Å². The average Bonchev–Trinajstić information content (AvgIpc) is 2.90. The van der Waals surface area contributed by atoms with E-state index in [9.17, 15) is 14.9 Å². The molecule has 1 aromatic carbocycles. The summed E-state index contributed by atoms with van der Waals surface area (Å²) in [5, 5.41) is 13.1. The minimum Gasteiger partial charge on any atom is -0.346 e. The van der Waals surface area contributed by atoms with Gasteiger partial charge in [-0.2, -0.15) is 0 Å². The van der Waals surface area contributed by atoms with Crippen LogP contribution in [0.5, 0.6) is 0 Å². The van der Waals surface area contributed by atoms with Gasteiger partial charge in [0.15, 0.2) is 0 Å². The Balaban J connectivity index is 1.87. The van der Waals surface area contributed by atoms with Crippen LogP contribution < -0.4 is 5.32 Å². The van der Waals surface area contributed by atoms with Gasteiger partial charge in [-0.15, -0.1) is 11.8 Å². The molecule has 0 radical (unpaired) electrons. The van der Waals surface area contributed by atoms with Crippen molar-refractivity contribution >= 4 is 23.4 Å². The minimum atomic E-state index is -0.457. The number of piperidine rings is 1. The summed E-state index contributed by atoms with van der Waals surface area (Å²) in [6, 6.07) is 6.05. The van der Waals surface area contributed by atoms with E-state index in [1.54, 1.807) is 12.1 Å². The van der Waals surface area contributed by atoms with Crippen molar-refractivity contribution in [2.24, 2.45) is 0 Å². The summed E-state index contributed by atoms with van der Waals surface area (Å²) in [4.78, 5) is 25.0. The molecule has 0 unspecified atom stereocenters. The van der Waals surface area contributed by atoms with Gasteiger partial charge in [0.25, 0.3) is 11.6 Å². The standard InChI is InChI=1S/C14H17N3O3S/c18-13(11-2-1-3-12(10-11)17(19)20)16-8-9-21-14(16)4-6-15-7-5-14/h1-3,10,15H,4-9H2/p+1. The molecule has 1 spiro atoms. The van der Waals surface area contributed by atoms with Gasteiger partial charge >= 0.3 is 0 Å². The SMILES string of the molecule is O=C(c1cccc([N+](=O)[O-])c1)N1CCSC12CC[NH2+]CC2. The number of nitrogens with zero attached hydrogens (tertiary/aromatic N) is 2. The molecular formula is C14H18N3O3S+. The number of benzene rings is 1. The van der Waals surface area contributed by atoms with Crippen LogP contribution in [0.2, 0.25) is 0 Å². The molecule has 112 valence electrons. The molecule has 0 saturated carbocycles. The molecule has 6 nitrogen and oxygen atoms in total. The predicted molar refractivity (Wildman–Crippen MR) is 80.2 cm³/mol. The van der Waals surface area contributed by atoms with E-state index in [0.29, 0.717) is 5.56 Å². The first kappa shape index (κ1) is 14.3. The molecule has 2 saturated heterocycles. The van der Waals surface area contributed by atoms with Gasteiger partial charge in [-0.05, 0) is 6.07 Å². The quantitative estimate of drug-likeness (QED) is 0.648. The molecule has 2 aliphatic heterocycles. The van der Waals surface area contributed by atoms with Crippen molar-refractivity contribution < 1.29 is 15.0 Å². The first-order valence-electron chi connectivity index (χ1n) is 7.14. The van der Waals surface area contributed by atoms with Gasteiger partial charge in [-0.1, -0.05) is 6.07 Å². The van der Waals surface area contributed by atoms with Crippen LogP contribution in [-0.2, 0) is 0 Å². The van der Waals surface area contributed by atoms with E-state index >= 15 is 0 Å². The number of rotatable bonds is 2. The van der Waals surface area contributed by atoms with Gasteiger partial charge in [0.2, 0.25) is 0 Å². The van der Waals surface area contributed by atoms with Crippen molar-refractivity contribution in [2.75, 3.05) is 25.4 Å². The third-order valence-electron chi connectivity index (χ3n) is 4.20. The second kappa shape index (κ2) is 5.65. The largest absolute Gasteiger partial charge is 0.346 e. The normalized spacial score (nSPS) is 20.7. The van der Waals surface area contributed by atoms with Crippen molar-refractivity contribution in [3.8, 4) is 0 Å². The summed E-state index contributed by atoms with van der Waals surface area (Å²) in [6.07, 6.45) is 1.97. The maximum absolute atomic E-state index is 12.8. The Morgan fingerprint density at radius 2 is 2.14 bits per heavy atom. The molecule has 2 N–H and O–H groups in total. The maximum atomic E-state index is 12.8. The molecule has 0 aromatic heterocycles. The Morgan fingerprint density at radius 1 is 1.38 bits per heavy atom. The van der Waals surface area contributed by atoms with E-state index in [4.69, 9.17) is 0 Å². The summed E-state index contributed by atoms with van der Waals surface area (Å²) in [5.74, 6) is 0.867. The lowest BCUT2D eigenvalue weighted by Crippen LogP contribution is -2.88. The molecular weight excluding hydrogens is 290 g/mol. The number of quaternary nitrogens is 1. The van der Waals surface area contributed by atoms with Crippen LogP contribution >= 0.6 is 11.8 Å². The molecule has 0 bridgehead atoms. The second-order valence-corrected chi connectivity index (χ2v) is 6.88. The summed E-state index contributed by atoms with van der Waals surface area (Å²) < 4.78 is 0. The molecule has 0 aliphatic carbocycles. The van der Waals surface area contributed by atoms with E-state index < -0.39 is 4.92 Å². The topological polar surface area (TPSA) is 80.1 Å². The minimum absolute atomic E-state index is 0.0290. The van der Waals surface area contributed by atoms with Gasteiger partial charge in [-0.25, -0.2) is 0 Å². The van der Waals surface area contributed by atoms with Crippen LogP contribution in [0.15, 0.2) is 24.3 Å². The first-order valence-corrected chi connectivity index (χ1v) is 8.13. The number of amides is 1. The smallest absolute Gasteiger partial charge is 0.270 e. The third kappa shape index (κ3) is 2.63. The number of nitrogens with two attached hydrogens (primary N) is 1. The molecule has 2 fully saturated rings. The van der Waals surface area contributed by atoms with E-state index in [0.717, 1.165) is 38.2 Å². The van der Waals surface area contributed by atoms with Crippen LogP contribution in [0, 0.1) is 10.1 Å². The Bertz CT molecular complexity index is 572. The number of nitro benzene ring substituents is 1. The summed E-state index contributed by atoms with van der Waals surface area (Å²) in [7, 11) is 0. The third-order valence-corrected chi connectivity index (χ3v) is 5.76. The van der Waals surface area contributed by atoms with E-state index in [2.05, 4.69) is 5.32 Å². The summed E-state index contributed by atoms with van der Waals surface area (Å²) in [6.45, 7) is 2.80. The van der Waals surface area contributed by atoms with Gasteiger partial charge in [-0.3, -0.25) is 14.9 Å². The van der Waals surface area contributed by atoms with Crippen molar-refractivity contribution in [1.29, 1.82) is 0 Å². The average molecular weight is 308 g/mol. The summed E-state index contributed by atoms with van der Waals surface area (Å²) in [5.41, 5.74) is 0.388. The molecule has 0 atom stereocenters. The van der Waals surface area contributed by atoms with Gasteiger partial charge < -0.3 is 10.2 Å². The Hall–Kier alpha value is -1.60. The molecule has 21 heavy (non-hydrogen) atoms. The fourth-order valence-electron chi connectivity index (χ4n) is 3.14. The number of thioether (sulfide) groups is 1. The van der Waals surface area contributed by atoms with Crippen LogP contribution in [0.25, 0.3) is 0 Å². The molecule has 1 aromatic rings. The summed E-state index contributed by atoms with van der Waals surface area (Å²) >= 11 is 1.86. The zero-order valence-electron chi connectivity index (χ0n) is 11.7. The van der Waals surface area contributed by atoms with E-state index in [1.165, 1.54) is 12.1 Å². The molecule has 3 rings (SSSR count). The van der Waals surface area contributed by atoms with Crippen molar-refractivity contribution in [3.63, 3.8) is 0 Å². The van der Waals surface area contributed by atoms with Crippen LogP contribution in [-0.4, -0.2) is 46.0 Å². The number of nitro groups is 1. The second-order valence-electron chi connectivity index (χ2n) is 5.42. The number of carbonyl (C=O) groups is 1. The Kier molecular flexibility index (Phi) is 3.86. The van der Waals surface area contributed by atoms with E-state index in [-0.39, 0.29) is 16.5 Å². The van der Waals surface area contributed by atoms with Crippen LogP contribution in [0.4, 0.5) is 5.69 Å². The lowest BCUT2D eigenvalue weighted by molar-refractivity contribution is -0.664. The molecule has 2 aliphatic rings. The zero-order valence-corrected chi connectivity index (χ0v) is 12.5. The van der Waals surface area contributed by atoms with Gasteiger partial charge in [0.1, 0.15) is 0 Å². The zero-order chi connectivity index (χ0) is 14.9. The Morgan fingerprint density at radius 3 is 2.86 bits per heavy atom. The maximum Gasteiger partial charge on any atom is 0.270 e. The number of non-ortho nitro benzene ring substituents is 1. The Labute approximate surface area is 127 Å². The monoisotopic (exact) mass is 308 g/mol. The highest BCUT2D eigenvalue weighted by atomic mass is 32.2. The van der Waals surface area contributed by atoms with Gasteiger partial charge in [0.05, 0.1) is 22.9 Å². The first-order chi connectivity index (χ1) is 10.1. The van der Waals surface area contributed by atoms with Crippen molar-refractivity contribution in [2.45, 2.75) is 17.7 Å². The number of hydrogen-bond donors (Lipinski definition) is 1. The fraction of sp³-hybridized carbons (Fsp3) is 0.500. The highest BCUT2D eigenvalue weighted by Gasteiger charge is 2.46.